The van der Waals surface area contributed by atoms with Gasteiger partial charge in [0.15, 0.2) is 0 Å². The summed E-state index contributed by atoms with van der Waals surface area (Å²) in [6.07, 6.45) is 0.467. The maximum atomic E-state index is 12.1. The van der Waals surface area contributed by atoms with Gasteiger partial charge < -0.3 is 19.7 Å². The molecule has 0 radical (unpaired) electrons. The Bertz CT molecular complexity index is 230. The summed E-state index contributed by atoms with van der Waals surface area (Å²) in [5.74, 6) is 0.144. The first-order valence-electron chi connectivity index (χ1n) is 6.29. The van der Waals surface area contributed by atoms with Crippen molar-refractivity contribution < 1.29 is 14.3 Å². The SMILES string of the molecule is CCN(C(=O)CC1CNCCO1)C(C)COC. The second-order valence-corrected chi connectivity index (χ2v) is 4.39. The Morgan fingerprint density at radius 3 is 2.94 bits per heavy atom. The summed E-state index contributed by atoms with van der Waals surface area (Å²) >= 11 is 0. The summed E-state index contributed by atoms with van der Waals surface area (Å²) < 4.78 is 10.6. The van der Waals surface area contributed by atoms with E-state index in [9.17, 15) is 4.79 Å². The number of ether oxygens (including phenoxy) is 2. The number of carbonyl (C=O) groups is 1. The van der Waals surface area contributed by atoms with Crippen molar-refractivity contribution in [1.29, 1.82) is 0 Å². The van der Waals surface area contributed by atoms with Crippen LogP contribution in [0.2, 0.25) is 0 Å². The third kappa shape index (κ3) is 4.61. The number of nitrogens with one attached hydrogen (secondary N) is 1. The van der Waals surface area contributed by atoms with Crippen LogP contribution < -0.4 is 5.32 Å². The highest BCUT2D eigenvalue weighted by molar-refractivity contribution is 5.77. The van der Waals surface area contributed by atoms with Gasteiger partial charge in [-0.05, 0) is 13.8 Å². The van der Waals surface area contributed by atoms with E-state index in [0.717, 1.165) is 13.1 Å². The number of hydrogen-bond acceptors (Lipinski definition) is 4. The predicted molar refractivity (Wildman–Crippen MR) is 66.0 cm³/mol. The number of carbonyl (C=O) groups excluding carboxylic acids is 1. The number of hydrogen-bond donors (Lipinski definition) is 1. The van der Waals surface area contributed by atoms with Gasteiger partial charge in [0, 0.05) is 26.7 Å². The summed E-state index contributed by atoms with van der Waals surface area (Å²) in [6.45, 7) is 7.61. The molecule has 2 unspecified atom stereocenters. The molecule has 1 saturated heterocycles. The largest absolute Gasteiger partial charge is 0.383 e. The third-order valence-corrected chi connectivity index (χ3v) is 3.01. The molecule has 0 aromatic rings. The van der Waals surface area contributed by atoms with Gasteiger partial charge in [0.05, 0.1) is 31.8 Å². The molecule has 1 aliphatic heterocycles. The van der Waals surface area contributed by atoms with Gasteiger partial charge in [0.1, 0.15) is 0 Å². The van der Waals surface area contributed by atoms with Crippen LogP contribution in [0.5, 0.6) is 0 Å². The fraction of sp³-hybridized carbons (Fsp3) is 0.917. The molecule has 5 heteroatoms. The Labute approximate surface area is 103 Å². The van der Waals surface area contributed by atoms with Gasteiger partial charge >= 0.3 is 0 Å². The summed E-state index contributed by atoms with van der Waals surface area (Å²) in [7, 11) is 1.66. The molecule has 0 spiro atoms. The first kappa shape index (κ1) is 14.4. The number of methoxy groups -OCH3 is 1. The number of rotatable bonds is 6. The predicted octanol–water partition coefficient (Wildman–Crippen LogP) is 0.248. The van der Waals surface area contributed by atoms with Crippen molar-refractivity contribution in [2.24, 2.45) is 0 Å². The molecule has 100 valence electrons. The van der Waals surface area contributed by atoms with Crippen LogP contribution in [0.3, 0.4) is 0 Å². The maximum Gasteiger partial charge on any atom is 0.225 e. The third-order valence-electron chi connectivity index (χ3n) is 3.01. The smallest absolute Gasteiger partial charge is 0.225 e. The first-order chi connectivity index (χ1) is 8.19. The van der Waals surface area contributed by atoms with Gasteiger partial charge in [-0.25, -0.2) is 0 Å². The van der Waals surface area contributed by atoms with Crippen LogP contribution in [0.4, 0.5) is 0 Å². The Hall–Kier alpha value is -0.650. The van der Waals surface area contributed by atoms with Crippen LogP contribution in [-0.2, 0) is 14.3 Å². The molecule has 0 aliphatic carbocycles. The fourth-order valence-electron chi connectivity index (χ4n) is 2.13. The molecular formula is C12H24N2O3. The van der Waals surface area contributed by atoms with Gasteiger partial charge in [-0.2, -0.15) is 0 Å². The van der Waals surface area contributed by atoms with Crippen molar-refractivity contribution in [3.05, 3.63) is 0 Å². The van der Waals surface area contributed by atoms with Gasteiger partial charge in [-0.1, -0.05) is 0 Å². The molecule has 0 saturated carbocycles. The van der Waals surface area contributed by atoms with Crippen LogP contribution in [0.15, 0.2) is 0 Å². The molecule has 1 heterocycles. The average molecular weight is 244 g/mol. The highest BCUT2D eigenvalue weighted by Crippen LogP contribution is 2.08. The minimum Gasteiger partial charge on any atom is -0.383 e. The molecule has 0 bridgehead atoms. The number of morpholine rings is 1. The molecule has 1 aliphatic rings. The van der Waals surface area contributed by atoms with E-state index in [1.54, 1.807) is 7.11 Å². The zero-order valence-electron chi connectivity index (χ0n) is 11.1. The number of amides is 1. The van der Waals surface area contributed by atoms with Gasteiger partial charge in [-0.15, -0.1) is 0 Å². The van der Waals surface area contributed by atoms with E-state index in [1.165, 1.54) is 0 Å². The Morgan fingerprint density at radius 1 is 1.65 bits per heavy atom. The topological polar surface area (TPSA) is 50.8 Å². The number of nitrogens with zero attached hydrogens (tertiary/aromatic N) is 1. The summed E-state index contributed by atoms with van der Waals surface area (Å²) in [5.41, 5.74) is 0. The first-order valence-corrected chi connectivity index (χ1v) is 6.29. The fourth-order valence-corrected chi connectivity index (χ4v) is 2.13. The summed E-state index contributed by atoms with van der Waals surface area (Å²) in [4.78, 5) is 14.0. The van der Waals surface area contributed by atoms with Crippen molar-refractivity contribution >= 4 is 5.91 Å². The second kappa shape index (κ2) is 7.63. The van der Waals surface area contributed by atoms with Crippen LogP contribution in [0.1, 0.15) is 20.3 Å². The van der Waals surface area contributed by atoms with E-state index in [2.05, 4.69) is 5.32 Å². The molecular weight excluding hydrogens is 220 g/mol. The van der Waals surface area contributed by atoms with E-state index in [1.807, 2.05) is 18.7 Å². The van der Waals surface area contributed by atoms with Crippen LogP contribution >= 0.6 is 0 Å². The lowest BCUT2D eigenvalue weighted by Crippen LogP contribution is -2.45. The molecule has 2 atom stereocenters. The van der Waals surface area contributed by atoms with E-state index in [4.69, 9.17) is 9.47 Å². The molecule has 0 aromatic heterocycles. The van der Waals surface area contributed by atoms with E-state index in [-0.39, 0.29) is 18.1 Å². The Balaban J connectivity index is 2.41. The van der Waals surface area contributed by atoms with Crippen molar-refractivity contribution in [3.63, 3.8) is 0 Å². The zero-order chi connectivity index (χ0) is 12.7. The van der Waals surface area contributed by atoms with Crippen LogP contribution in [-0.4, -0.2) is 62.9 Å². The van der Waals surface area contributed by atoms with Crippen LogP contribution in [0.25, 0.3) is 0 Å². The van der Waals surface area contributed by atoms with Gasteiger partial charge in [0.25, 0.3) is 0 Å². The molecule has 5 nitrogen and oxygen atoms in total. The lowest BCUT2D eigenvalue weighted by molar-refractivity contribution is -0.137. The molecule has 0 aromatic carbocycles. The molecule has 1 fully saturated rings. The van der Waals surface area contributed by atoms with Crippen molar-refractivity contribution in [3.8, 4) is 0 Å². The molecule has 1 N–H and O–H groups in total. The van der Waals surface area contributed by atoms with E-state index in [0.29, 0.717) is 26.2 Å². The minimum absolute atomic E-state index is 0.0139. The highest BCUT2D eigenvalue weighted by Gasteiger charge is 2.23. The molecule has 1 rings (SSSR count). The highest BCUT2D eigenvalue weighted by atomic mass is 16.5. The van der Waals surface area contributed by atoms with Crippen molar-refractivity contribution in [2.75, 3.05) is 40.0 Å². The summed E-state index contributed by atoms with van der Waals surface area (Å²) in [5, 5.41) is 3.23. The minimum atomic E-state index is 0.0139. The lowest BCUT2D eigenvalue weighted by Gasteiger charge is -2.30. The normalized spacial score (nSPS) is 22.2. The van der Waals surface area contributed by atoms with E-state index >= 15 is 0 Å². The quantitative estimate of drug-likeness (QED) is 0.727. The van der Waals surface area contributed by atoms with Crippen LogP contribution in [0, 0.1) is 0 Å². The van der Waals surface area contributed by atoms with Gasteiger partial charge in [-0.3, -0.25) is 4.79 Å². The van der Waals surface area contributed by atoms with Crippen molar-refractivity contribution in [2.45, 2.75) is 32.4 Å². The Morgan fingerprint density at radius 2 is 2.41 bits per heavy atom. The van der Waals surface area contributed by atoms with E-state index < -0.39 is 0 Å². The second-order valence-electron chi connectivity index (χ2n) is 4.39. The maximum absolute atomic E-state index is 12.1. The monoisotopic (exact) mass is 244 g/mol. The summed E-state index contributed by atoms with van der Waals surface area (Å²) in [6, 6.07) is 0.119. The van der Waals surface area contributed by atoms with Crippen molar-refractivity contribution in [1.82, 2.24) is 10.2 Å². The lowest BCUT2D eigenvalue weighted by atomic mass is 10.2. The molecule has 1 amide bonds. The van der Waals surface area contributed by atoms with Gasteiger partial charge in [0.2, 0.25) is 5.91 Å². The Kier molecular flexibility index (Phi) is 6.47. The standard InChI is InChI=1S/C12H24N2O3/c1-4-14(10(2)9-16-3)12(15)7-11-8-13-5-6-17-11/h10-11,13H,4-9H2,1-3H3. The number of likely N-dealkylation sites (N-methyl/N-ethyl adjacent to an activating group) is 1. The average Bonchev–Trinajstić information content (AvgIpc) is 2.31. The molecule has 17 heavy (non-hydrogen) atoms. The zero-order valence-corrected chi connectivity index (χ0v) is 11.1.